The Morgan fingerprint density at radius 3 is 2.63 bits per heavy atom. The number of aryl methyl sites for hydroxylation is 1. The molecule has 2 aromatic carbocycles. The van der Waals surface area contributed by atoms with Crippen molar-refractivity contribution in [1.29, 1.82) is 0 Å². The fourth-order valence-corrected chi connectivity index (χ4v) is 2.85. The molecular weight excluding hydrogens is 374 g/mol. The van der Waals surface area contributed by atoms with Gasteiger partial charge in [0.2, 0.25) is 5.91 Å². The Morgan fingerprint density at radius 2 is 1.89 bits per heavy atom. The molecule has 0 aliphatic carbocycles. The first-order chi connectivity index (χ1) is 13.0. The average Bonchev–Trinajstić information content (AvgIpc) is 3.12. The summed E-state index contributed by atoms with van der Waals surface area (Å²) in [5.41, 5.74) is 0.585. The Bertz CT molecular complexity index is 938. The lowest BCUT2D eigenvalue weighted by Crippen LogP contribution is -2.27. The van der Waals surface area contributed by atoms with Gasteiger partial charge in [0.15, 0.2) is 11.7 Å². The van der Waals surface area contributed by atoms with Crippen molar-refractivity contribution < 1.29 is 18.0 Å². The SMILES string of the molecule is CN(Cc1c(F)cccc1Cl)C(=O)CCc1ncc(-c2ccccc2F)o1. The highest BCUT2D eigenvalue weighted by Gasteiger charge is 2.16. The molecule has 1 amide bonds. The van der Waals surface area contributed by atoms with Crippen molar-refractivity contribution in [3.8, 4) is 11.3 Å². The van der Waals surface area contributed by atoms with Crippen LogP contribution in [0.5, 0.6) is 0 Å². The van der Waals surface area contributed by atoms with Gasteiger partial charge in [-0.2, -0.15) is 0 Å². The van der Waals surface area contributed by atoms with E-state index < -0.39 is 11.6 Å². The summed E-state index contributed by atoms with van der Waals surface area (Å²) in [6, 6.07) is 10.6. The fourth-order valence-electron chi connectivity index (χ4n) is 2.62. The first-order valence-corrected chi connectivity index (χ1v) is 8.70. The van der Waals surface area contributed by atoms with Crippen LogP contribution in [0.3, 0.4) is 0 Å². The molecule has 0 fully saturated rings. The van der Waals surface area contributed by atoms with E-state index >= 15 is 0 Å². The van der Waals surface area contributed by atoms with Crippen LogP contribution >= 0.6 is 11.6 Å². The number of hydrogen-bond acceptors (Lipinski definition) is 3. The number of halogens is 3. The summed E-state index contributed by atoms with van der Waals surface area (Å²) in [6.45, 7) is 0.0659. The molecule has 0 saturated carbocycles. The third-order valence-corrected chi connectivity index (χ3v) is 4.48. The van der Waals surface area contributed by atoms with Gasteiger partial charge in [0.05, 0.1) is 11.8 Å². The number of hydrogen-bond donors (Lipinski definition) is 0. The van der Waals surface area contributed by atoms with Gasteiger partial charge in [-0.25, -0.2) is 13.8 Å². The van der Waals surface area contributed by atoms with Crippen LogP contribution in [0.2, 0.25) is 5.02 Å². The van der Waals surface area contributed by atoms with Crippen molar-refractivity contribution in [2.45, 2.75) is 19.4 Å². The first kappa shape index (κ1) is 19.0. The largest absolute Gasteiger partial charge is 0.441 e. The van der Waals surface area contributed by atoms with Crippen LogP contribution in [0.25, 0.3) is 11.3 Å². The highest BCUT2D eigenvalue weighted by atomic mass is 35.5. The Labute approximate surface area is 160 Å². The van der Waals surface area contributed by atoms with E-state index in [1.807, 2.05) is 0 Å². The summed E-state index contributed by atoms with van der Waals surface area (Å²) in [5.74, 6) is -0.428. The molecule has 140 valence electrons. The molecule has 0 spiro atoms. The minimum absolute atomic E-state index is 0.0659. The lowest BCUT2D eigenvalue weighted by molar-refractivity contribution is -0.130. The van der Waals surface area contributed by atoms with Crippen molar-refractivity contribution in [3.63, 3.8) is 0 Å². The van der Waals surface area contributed by atoms with Gasteiger partial charge in [-0.3, -0.25) is 4.79 Å². The molecule has 0 bridgehead atoms. The zero-order valence-corrected chi connectivity index (χ0v) is 15.3. The van der Waals surface area contributed by atoms with Gasteiger partial charge >= 0.3 is 0 Å². The minimum atomic E-state index is -0.454. The van der Waals surface area contributed by atoms with Gasteiger partial charge < -0.3 is 9.32 Å². The Kier molecular flexibility index (Phi) is 5.86. The van der Waals surface area contributed by atoms with Crippen LogP contribution in [-0.2, 0) is 17.8 Å². The van der Waals surface area contributed by atoms with Crippen molar-refractivity contribution in [2.75, 3.05) is 7.05 Å². The third-order valence-electron chi connectivity index (χ3n) is 4.13. The summed E-state index contributed by atoms with van der Waals surface area (Å²) in [5, 5.41) is 0.275. The molecule has 27 heavy (non-hydrogen) atoms. The number of nitrogens with zero attached hydrogens (tertiary/aromatic N) is 2. The average molecular weight is 391 g/mol. The summed E-state index contributed by atoms with van der Waals surface area (Å²) < 4.78 is 33.2. The van der Waals surface area contributed by atoms with Gasteiger partial charge in [-0.05, 0) is 24.3 Å². The van der Waals surface area contributed by atoms with Gasteiger partial charge in [0, 0.05) is 37.0 Å². The van der Waals surface area contributed by atoms with Gasteiger partial charge in [0.25, 0.3) is 0 Å². The Hall–Kier alpha value is -2.73. The molecule has 0 atom stereocenters. The molecule has 0 aliphatic heterocycles. The van der Waals surface area contributed by atoms with E-state index in [4.69, 9.17) is 16.0 Å². The molecule has 1 aromatic heterocycles. The molecule has 3 aromatic rings. The minimum Gasteiger partial charge on any atom is -0.441 e. The van der Waals surface area contributed by atoms with Crippen molar-refractivity contribution in [1.82, 2.24) is 9.88 Å². The van der Waals surface area contributed by atoms with E-state index in [1.54, 1.807) is 31.3 Å². The smallest absolute Gasteiger partial charge is 0.223 e. The standard InChI is InChI=1S/C20H17ClF2N2O2/c1-25(12-14-15(21)6-4-8-17(14)23)20(26)10-9-19-24-11-18(27-19)13-5-2-3-7-16(13)22/h2-8,11H,9-10,12H2,1H3. The molecule has 0 unspecified atom stereocenters. The predicted octanol–water partition coefficient (Wildman–Crippen LogP) is 4.86. The number of aromatic nitrogens is 1. The fraction of sp³-hybridized carbons (Fsp3) is 0.200. The van der Waals surface area contributed by atoms with Gasteiger partial charge in [-0.15, -0.1) is 0 Å². The van der Waals surface area contributed by atoms with E-state index in [-0.39, 0.29) is 35.9 Å². The van der Waals surface area contributed by atoms with Crippen LogP contribution in [0, 0.1) is 11.6 Å². The summed E-state index contributed by atoms with van der Waals surface area (Å²) in [6.07, 6.45) is 1.81. The van der Waals surface area contributed by atoms with E-state index in [0.29, 0.717) is 17.2 Å². The maximum Gasteiger partial charge on any atom is 0.223 e. The highest BCUT2D eigenvalue weighted by Crippen LogP contribution is 2.24. The lowest BCUT2D eigenvalue weighted by Gasteiger charge is -2.18. The van der Waals surface area contributed by atoms with Crippen LogP contribution in [0.4, 0.5) is 8.78 Å². The summed E-state index contributed by atoms with van der Waals surface area (Å²) >= 11 is 5.99. The maximum absolute atomic E-state index is 13.8. The van der Waals surface area contributed by atoms with Crippen LogP contribution in [0.15, 0.2) is 53.1 Å². The molecule has 0 saturated heterocycles. The Morgan fingerprint density at radius 1 is 1.15 bits per heavy atom. The number of carbonyl (C=O) groups is 1. The van der Waals surface area contributed by atoms with E-state index in [0.717, 1.165) is 0 Å². The zero-order chi connectivity index (χ0) is 19.4. The summed E-state index contributed by atoms with van der Waals surface area (Å²) in [4.78, 5) is 17.8. The second-order valence-electron chi connectivity index (χ2n) is 6.05. The number of carbonyl (C=O) groups excluding carboxylic acids is 1. The van der Waals surface area contributed by atoms with Crippen LogP contribution in [-0.4, -0.2) is 22.8 Å². The second kappa shape index (κ2) is 8.31. The number of benzene rings is 2. The zero-order valence-electron chi connectivity index (χ0n) is 14.6. The molecule has 1 heterocycles. The molecule has 0 radical (unpaired) electrons. The van der Waals surface area contributed by atoms with E-state index in [9.17, 15) is 13.6 Å². The lowest BCUT2D eigenvalue weighted by atomic mass is 10.2. The summed E-state index contributed by atoms with van der Waals surface area (Å²) in [7, 11) is 1.57. The molecule has 4 nitrogen and oxygen atoms in total. The molecule has 0 N–H and O–H groups in total. The maximum atomic E-state index is 13.8. The molecule has 0 aliphatic rings. The second-order valence-corrected chi connectivity index (χ2v) is 6.46. The normalized spacial score (nSPS) is 10.8. The monoisotopic (exact) mass is 390 g/mol. The predicted molar refractivity (Wildman–Crippen MR) is 98.1 cm³/mol. The van der Waals surface area contributed by atoms with Crippen molar-refractivity contribution in [2.24, 2.45) is 0 Å². The number of amides is 1. The van der Waals surface area contributed by atoms with Crippen molar-refractivity contribution in [3.05, 3.63) is 76.8 Å². The molecular formula is C20H17ClF2N2O2. The number of oxazole rings is 1. The van der Waals surface area contributed by atoms with E-state index in [1.165, 1.54) is 29.3 Å². The number of rotatable bonds is 6. The van der Waals surface area contributed by atoms with Crippen LogP contribution < -0.4 is 0 Å². The Balaban J connectivity index is 1.60. The van der Waals surface area contributed by atoms with E-state index in [2.05, 4.69) is 4.98 Å². The van der Waals surface area contributed by atoms with Crippen molar-refractivity contribution >= 4 is 17.5 Å². The van der Waals surface area contributed by atoms with Crippen LogP contribution in [0.1, 0.15) is 17.9 Å². The molecule has 3 rings (SSSR count). The first-order valence-electron chi connectivity index (χ1n) is 8.32. The highest BCUT2D eigenvalue weighted by molar-refractivity contribution is 6.31. The quantitative estimate of drug-likeness (QED) is 0.603. The van der Waals surface area contributed by atoms with Gasteiger partial charge in [-0.1, -0.05) is 29.8 Å². The third kappa shape index (κ3) is 4.52. The molecule has 7 heteroatoms. The topological polar surface area (TPSA) is 46.3 Å². The van der Waals surface area contributed by atoms with Gasteiger partial charge in [0.1, 0.15) is 11.6 Å².